The van der Waals surface area contributed by atoms with Crippen molar-refractivity contribution in [1.82, 2.24) is 5.32 Å². The van der Waals surface area contributed by atoms with Crippen LogP contribution < -0.4 is 10.1 Å². The summed E-state index contributed by atoms with van der Waals surface area (Å²) in [4.78, 5) is 23.4. The van der Waals surface area contributed by atoms with E-state index in [1.807, 2.05) is 26.0 Å². The fourth-order valence-electron chi connectivity index (χ4n) is 4.00. The Balaban J connectivity index is 2.03. The molecule has 2 N–H and O–H groups in total. The minimum Gasteiger partial charge on any atom is -0.493 e. The number of hydrogen-bond donors (Lipinski definition) is 2. The number of carboxylic acids is 1. The van der Waals surface area contributed by atoms with Crippen LogP contribution in [0.2, 0.25) is 5.02 Å². The van der Waals surface area contributed by atoms with Crippen molar-refractivity contribution in [2.45, 2.75) is 51.4 Å². The highest BCUT2D eigenvalue weighted by Crippen LogP contribution is 2.46. The predicted octanol–water partition coefficient (Wildman–Crippen LogP) is 4.92. The molecule has 0 bridgehead atoms. The molecule has 1 aliphatic heterocycles. The number of carbonyl (C=O) groups is 2. The molecule has 7 heteroatoms. The zero-order valence-electron chi connectivity index (χ0n) is 17.3. The Hall–Kier alpha value is -2.57. The Morgan fingerprint density at radius 3 is 2.47 bits per heavy atom. The number of amides is 1. The number of hydrogen-bond acceptors (Lipinski definition) is 4. The second-order valence-electron chi connectivity index (χ2n) is 7.81. The average molecular weight is 432 g/mol. The van der Waals surface area contributed by atoms with E-state index in [2.05, 4.69) is 5.32 Å². The lowest BCUT2D eigenvalue weighted by molar-refractivity contribution is -0.126. The van der Waals surface area contributed by atoms with Gasteiger partial charge in [0, 0.05) is 35.9 Å². The van der Waals surface area contributed by atoms with Crippen molar-refractivity contribution < 1.29 is 24.2 Å². The molecule has 3 rings (SSSR count). The van der Waals surface area contributed by atoms with Crippen LogP contribution in [0.3, 0.4) is 0 Å². The Morgan fingerprint density at radius 1 is 1.20 bits per heavy atom. The second-order valence-corrected chi connectivity index (χ2v) is 8.24. The highest BCUT2D eigenvalue weighted by molar-refractivity contribution is 6.30. The molecule has 2 aromatic carbocycles. The van der Waals surface area contributed by atoms with Crippen molar-refractivity contribution in [3.05, 3.63) is 64.2 Å². The molecular formula is C23H26ClNO5. The fraction of sp³-hybridized carbons (Fsp3) is 0.391. The van der Waals surface area contributed by atoms with E-state index in [-0.39, 0.29) is 17.6 Å². The number of carboxylic acid groups (broad SMARTS) is 1. The Morgan fingerprint density at radius 2 is 1.87 bits per heavy atom. The standard InChI is InChI=1S/C23H26ClNO5/c1-4-29-19-10-7-16(22(27)28)11-18(19)21-13-23(3,25-14(2)26)12-20(30-21)15-5-8-17(24)9-6-15/h5-11,20-21H,4,12-13H2,1-3H3,(H,25,26)(H,27,28)/t20-,21+,23-/m0/s1. The minimum atomic E-state index is -1.02. The highest BCUT2D eigenvalue weighted by Gasteiger charge is 2.41. The highest BCUT2D eigenvalue weighted by atomic mass is 35.5. The monoisotopic (exact) mass is 431 g/mol. The quantitative estimate of drug-likeness (QED) is 0.677. The first-order chi connectivity index (χ1) is 14.2. The molecule has 1 heterocycles. The van der Waals surface area contributed by atoms with E-state index in [0.717, 1.165) is 5.56 Å². The van der Waals surface area contributed by atoms with Gasteiger partial charge in [0.05, 0.1) is 24.4 Å². The van der Waals surface area contributed by atoms with Crippen molar-refractivity contribution >= 4 is 23.5 Å². The molecule has 0 aromatic heterocycles. The summed E-state index contributed by atoms with van der Waals surface area (Å²) >= 11 is 6.03. The summed E-state index contributed by atoms with van der Waals surface area (Å²) in [6, 6.07) is 12.2. The van der Waals surface area contributed by atoms with Gasteiger partial charge in [0.1, 0.15) is 5.75 Å². The maximum absolute atomic E-state index is 11.9. The molecule has 0 radical (unpaired) electrons. The molecule has 30 heavy (non-hydrogen) atoms. The van der Waals surface area contributed by atoms with Crippen molar-refractivity contribution in [1.29, 1.82) is 0 Å². The van der Waals surface area contributed by atoms with Gasteiger partial charge < -0.3 is 19.9 Å². The summed E-state index contributed by atoms with van der Waals surface area (Å²) in [6.45, 7) is 5.78. The molecule has 1 saturated heterocycles. The van der Waals surface area contributed by atoms with Crippen molar-refractivity contribution in [2.24, 2.45) is 0 Å². The minimum absolute atomic E-state index is 0.127. The van der Waals surface area contributed by atoms with Gasteiger partial charge in [-0.3, -0.25) is 4.79 Å². The first kappa shape index (κ1) is 22.1. The van der Waals surface area contributed by atoms with Gasteiger partial charge in [-0.05, 0) is 49.7 Å². The van der Waals surface area contributed by atoms with Gasteiger partial charge in [0.25, 0.3) is 0 Å². The Labute approximate surface area is 181 Å². The zero-order valence-corrected chi connectivity index (χ0v) is 18.0. The third-order valence-corrected chi connectivity index (χ3v) is 5.48. The molecule has 0 saturated carbocycles. The largest absolute Gasteiger partial charge is 0.493 e. The number of rotatable bonds is 6. The summed E-state index contributed by atoms with van der Waals surface area (Å²) in [5, 5.41) is 13.1. The van der Waals surface area contributed by atoms with Crippen LogP contribution in [0.4, 0.5) is 0 Å². The summed E-state index contributed by atoms with van der Waals surface area (Å²) in [7, 11) is 0. The number of nitrogens with one attached hydrogen (secondary N) is 1. The lowest BCUT2D eigenvalue weighted by Gasteiger charge is -2.43. The van der Waals surface area contributed by atoms with Crippen LogP contribution in [0.1, 0.15) is 67.3 Å². The third kappa shape index (κ3) is 5.12. The molecule has 3 atom stereocenters. The SMILES string of the molecule is CCOc1ccc(C(=O)O)cc1[C@H]1C[C@@](C)(NC(C)=O)C[C@@H](c2ccc(Cl)cc2)O1. The van der Waals surface area contributed by atoms with E-state index < -0.39 is 17.6 Å². The summed E-state index contributed by atoms with van der Waals surface area (Å²) in [5.41, 5.74) is 1.22. The Bertz CT molecular complexity index is 930. The van der Waals surface area contributed by atoms with Crippen LogP contribution in [0, 0.1) is 0 Å². The molecule has 1 aliphatic rings. The lowest BCUT2D eigenvalue weighted by atomic mass is 9.81. The maximum Gasteiger partial charge on any atom is 0.335 e. The molecule has 1 fully saturated rings. The molecule has 2 aromatic rings. The van der Waals surface area contributed by atoms with Crippen LogP contribution in [0.15, 0.2) is 42.5 Å². The molecule has 160 valence electrons. The molecule has 0 spiro atoms. The molecule has 1 amide bonds. The van der Waals surface area contributed by atoms with Gasteiger partial charge in [0.15, 0.2) is 0 Å². The van der Waals surface area contributed by atoms with E-state index in [1.165, 1.54) is 13.0 Å². The van der Waals surface area contributed by atoms with E-state index in [9.17, 15) is 14.7 Å². The fourth-order valence-corrected chi connectivity index (χ4v) is 4.13. The van der Waals surface area contributed by atoms with Gasteiger partial charge >= 0.3 is 5.97 Å². The number of ether oxygens (including phenoxy) is 2. The van der Waals surface area contributed by atoms with Gasteiger partial charge in [-0.1, -0.05) is 23.7 Å². The molecule has 6 nitrogen and oxygen atoms in total. The van der Waals surface area contributed by atoms with Crippen LogP contribution in [0.5, 0.6) is 5.75 Å². The van der Waals surface area contributed by atoms with Gasteiger partial charge in [0.2, 0.25) is 5.91 Å². The Kier molecular flexibility index (Phi) is 6.68. The van der Waals surface area contributed by atoms with Crippen LogP contribution in [-0.4, -0.2) is 29.1 Å². The second kappa shape index (κ2) is 9.06. The van der Waals surface area contributed by atoms with Crippen LogP contribution >= 0.6 is 11.6 Å². The van der Waals surface area contributed by atoms with E-state index in [1.54, 1.807) is 24.3 Å². The van der Waals surface area contributed by atoms with Crippen molar-refractivity contribution in [2.75, 3.05) is 6.61 Å². The lowest BCUT2D eigenvalue weighted by Crippen LogP contribution is -2.50. The van der Waals surface area contributed by atoms with Crippen LogP contribution in [-0.2, 0) is 9.53 Å². The van der Waals surface area contributed by atoms with Crippen molar-refractivity contribution in [3.8, 4) is 5.75 Å². The average Bonchev–Trinajstić information content (AvgIpc) is 2.67. The van der Waals surface area contributed by atoms with E-state index in [0.29, 0.717) is 35.8 Å². The number of benzene rings is 2. The smallest absolute Gasteiger partial charge is 0.335 e. The van der Waals surface area contributed by atoms with Crippen molar-refractivity contribution in [3.63, 3.8) is 0 Å². The van der Waals surface area contributed by atoms with Gasteiger partial charge in [-0.2, -0.15) is 0 Å². The summed E-state index contributed by atoms with van der Waals surface area (Å²) in [5.74, 6) is -0.569. The maximum atomic E-state index is 11.9. The number of aromatic carboxylic acids is 1. The topological polar surface area (TPSA) is 84.9 Å². The molecule has 0 aliphatic carbocycles. The first-order valence-corrected chi connectivity index (χ1v) is 10.3. The summed E-state index contributed by atoms with van der Waals surface area (Å²) in [6.07, 6.45) is 0.297. The summed E-state index contributed by atoms with van der Waals surface area (Å²) < 4.78 is 12.2. The normalized spacial score (nSPS) is 23.6. The van der Waals surface area contributed by atoms with Crippen LogP contribution in [0.25, 0.3) is 0 Å². The molecular weight excluding hydrogens is 406 g/mol. The molecule has 0 unspecified atom stereocenters. The van der Waals surface area contributed by atoms with Gasteiger partial charge in [-0.15, -0.1) is 0 Å². The van der Waals surface area contributed by atoms with E-state index >= 15 is 0 Å². The third-order valence-electron chi connectivity index (χ3n) is 5.22. The van der Waals surface area contributed by atoms with E-state index in [4.69, 9.17) is 21.1 Å². The van der Waals surface area contributed by atoms with Gasteiger partial charge in [-0.25, -0.2) is 4.79 Å². The zero-order chi connectivity index (χ0) is 21.9. The number of carbonyl (C=O) groups excluding carboxylic acids is 1. The number of halogens is 1. The predicted molar refractivity (Wildman–Crippen MR) is 114 cm³/mol. The first-order valence-electron chi connectivity index (χ1n) is 9.90.